The van der Waals surface area contributed by atoms with Crippen LogP contribution in [-0.2, 0) is 11.2 Å². The highest BCUT2D eigenvalue weighted by molar-refractivity contribution is 6.14. The number of hydrogen-bond donors (Lipinski definition) is 2. The number of nitrogens with one attached hydrogen (secondary N) is 1. The van der Waals surface area contributed by atoms with Gasteiger partial charge in [-0.1, -0.05) is 54.6 Å². The Bertz CT molecular complexity index is 876. The number of carbonyl (C=O) groups excluding carboxylic acids is 1. The maximum absolute atomic E-state index is 12.4. The molecule has 1 aliphatic rings. The van der Waals surface area contributed by atoms with Crippen LogP contribution in [0.1, 0.15) is 16.7 Å². The number of rotatable bonds is 4. The third-order valence-electron chi connectivity index (χ3n) is 3.81. The van der Waals surface area contributed by atoms with Gasteiger partial charge in [0.15, 0.2) is 0 Å². The zero-order valence-electron chi connectivity index (χ0n) is 13.0. The molecule has 0 radical (unpaired) electrons. The van der Waals surface area contributed by atoms with E-state index in [1.54, 1.807) is 0 Å². The molecule has 1 aliphatic heterocycles. The van der Waals surface area contributed by atoms with Gasteiger partial charge in [0.1, 0.15) is 17.5 Å². The Morgan fingerprint density at radius 3 is 2.46 bits per heavy atom. The van der Waals surface area contributed by atoms with Crippen LogP contribution in [0.3, 0.4) is 0 Å². The Balaban J connectivity index is 1.77. The summed E-state index contributed by atoms with van der Waals surface area (Å²) in [5, 5.41) is 12.2. The summed E-state index contributed by atoms with van der Waals surface area (Å²) >= 11 is 0. The number of nitrogens with two attached hydrogens (primary N) is 1. The molecule has 1 amide bonds. The van der Waals surface area contributed by atoms with Crippen LogP contribution < -0.4 is 11.1 Å². The van der Waals surface area contributed by atoms with Gasteiger partial charge in [-0.15, -0.1) is 0 Å². The number of carbonyl (C=O) groups is 1. The quantitative estimate of drug-likeness (QED) is 0.667. The highest BCUT2D eigenvalue weighted by Crippen LogP contribution is 2.29. The minimum absolute atomic E-state index is 0.0176. The number of amides is 1. The van der Waals surface area contributed by atoms with E-state index in [0.29, 0.717) is 30.1 Å². The van der Waals surface area contributed by atoms with E-state index in [-0.39, 0.29) is 5.57 Å². The van der Waals surface area contributed by atoms with Crippen molar-refractivity contribution in [1.82, 2.24) is 5.32 Å². The Labute approximate surface area is 140 Å². The van der Waals surface area contributed by atoms with Crippen LogP contribution in [0.15, 0.2) is 65.2 Å². The lowest BCUT2D eigenvalue weighted by atomic mass is 10.0. The van der Waals surface area contributed by atoms with E-state index in [1.165, 1.54) is 0 Å². The monoisotopic (exact) mass is 316 g/mol. The average Bonchev–Trinajstić information content (AvgIpc) is 2.94. The van der Waals surface area contributed by atoms with E-state index in [9.17, 15) is 10.1 Å². The zero-order valence-corrected chi connectivity index (χ0v) is 13.0. The maximum atomic E-state index is 12.4. The van der Waals surface area contributed by atoms with Crippen molar-refractivity contribution in [2.75, 3.05) is 6.54 Å². The summed E-state index contributed by atoms with van der Waals surface area (Å²) in [4.78, 5) is 16.6. The molecule has 0 aromatic heterocycles. The SMILES string of the molecule is N#C/C(C(=O)NCCc1ccccc1)=C1/N=C(N)c2ccccc21. The Hall–Kier alpha value is -3.39. The fraction of sp³-hybridized carbons (Fsp3) is 0.105. The second kappa shape index (κ2) is 6.80. The van der Waals surface area contributed by atoms with Gasteiger partial charge in [0.25, 0.3) is 5.91 Å². The minimum Gasteiger partial charge on any atom is -0.383 e. The lowest BCUT2D eigenvalue weighted by Gasteiger charge is -2.06. The molecule has 0 fully saturated rings. The summed E-state index contributed by atoms with van der Waals surface area (Å²) in [7, 11) is 0. The number of aliphatic imine (C=N–C) groups is 1. The van der Waals surface area contributed by atoms with Crippen LogP contribution in [0.2, 0.25) is 0 Å². The second-order valence-electron chi connectivity index (χ2n) is 5.37. The van der Waals surface area contributed by atoms with Crippen LogP contribution in [0, 0.1) is 11.3 Å². The molecular weight excluding hydrogens is 300 g/mol. The van der Waals surface area contributed by atoms with Crippen molar-refractivity contribution >= 4 is 17.4 Å². The molecule has 1 heterocycles. The summed E-state index contributed by atoms with van der Waals surface area (Å²) in [6, 6.07) is 19.1. The zero-order chi connectivity index (χ0) is 16.9. The van der Waals surface area contributed by atoms with Gasteiger partial charge in [-0.3, -0.25) is 4.79 Å². The van der Waals surface area contributed by atoms with Crippen molar-refractivity contribution in [2.24, 2.45) is 10.7 Å². The Kier molecular flexibility index (Phi) is 4.39. The summed E-state index contributed by atoms with van der Waals surface area (Å²) in [6.07, 6.45) is 0.697. The first-order valence-electron chi connectivity index (χ1n) is 7.61. The van der Waals surface area contributed by atoms with E-state index >= 15 is 0 Å². The van der Waals surface area contributed by atoms with Gasteiger partial charge in [-0.2, -0.15) is 5.26 Å². The van der Waals surface area contributed by atoms with Gasteiger partial charge in [-0.05, 0) is 12.0 Å². The van der Waals surface area contributed by atoms with Gasteiger partial charge >= 0.3 is 0 Å². The molecule has 0 saturated carbocycles. The first-order valence-corrected chi connectivity index (χ1v) is 7.61. The molecule has 2 aromatic carbocycles. The lowest BCUT2D eigenvalue weighted by Crippen LogP contribution is -2.27. The molecule has 5 heteroatoms. The number of benzene rings is 2. The third kappa shape index (κ3) is 3.03. The molecule has 2 aromatic rings. The van der Waals surface area contributed by atoms with Crippen LogP contribution >= 0.6 is 0 Å². The summed E-state index contributed by atoms with van der Waals surface area (Å²) < 4.78 is 0. The van der Waals surface area contributed by atoms with E-state index in [2.05, 4.69) is 10.3 Å². The largest absolute Gasteiger partial charge is 0.383 e. The Morgan fingerprint density at radius 2 is 1.75 bits per heavy atom. The van der Waals surface area contributed by atoms with Crippen molar-refractivity contribution < 1.29 is 4.79 Å². The molecule has 0 bridgehead atoms. The molecule has 0 unspecified atom stereocenters. The predicted molar refractivity (Wildman–Crippen MR) is 92.9 cm³/mol. The normalized spacial score (nSPS) is 14.4. The fourth-order valence-electron chi connectivity index (χ4n) is 2.61. The van der Waals surface area contributed by atoms with Crippen LogP contribution in [-0.4, -0.2) is 18.3 Å². The Morgan fingerprint density at radius 1 is 1.08 bits per heavy atom. The summed E-state index contributed by atoms with van der Waals surface area (Å²) in [6.45, 7) is 0.447. The molecule has 5 nitrogen and oxygen atoms in total. The molecular formula is C19H16N4O. The van der Waals surface area contributed by atoms with Gasteiger partial charge in [0, 0.05) is 17.7 Å². The number of amidine groups is 1. The maximum Gasteiger partial charge on any atom is 0.264 e. The smallest absolute Gasteiger partial charge is 0.264 e. The molecule has 0 saturated heterocycles. The second-order valence-corrected chi connectivity index (χ2v) is 5.37. The lowest BCUT2D eigenvalue weighted by molar-refractivity contribution is -0.117. The third-order valence-corrected chi connectivity index (χ3v) is 3.81. The average molecular weight is 316 g/mol. The first-order chi connectivity index (χ1) is 11.7. The fourth-order valence-corrected chi connectivity index (χ4v) is 2.61. The van der Waals surface area contributed by atoms with Crippen molar-refractivity contribution in [1.29, 1.82) is 5.26 Å². The van der Waals surface area contributed by atoms with E-state index < -0.39 is 5.91 Å². The molecule has 0 spiro atoms. The summed E-state index contributed by atoms with van der Waals surface area (Å²) in [5.41, 5.74) is 8.78. The molecule has 0 aliphatic carbocycles. The van der Waals surface area contributed by atoms with Crippen molar-refractivity contribution in [3.63, 3.8) is 0 Å². The van der Waals surface area contributed by atoms with Gasteiger partial charge in [0.2, 0.25) is 0 Å². The molecule has 0 atom stereocenters. The number of nitrogens with zero attached hydrogens (tertiary/aromatic N) is 2. The summed E-state index contributed by atoms with van der Waals surface area (Å²) in [5.74, 6) is -0.109. The van der Waals surface area contributed by atoms with Gasteiger partial charge < -0.3 is 11.1 Å². The molecule has 3 N–H and O–H groups in total. The number of fused-ring (bicyclic) bond motifs is 1. The van der Waals surface area contributed by atoms with E-state index in [0.717, 1.165) is 11.1 Å². The molecule has 118 valence electrons. The van der Waals surface area contributed by atoms with Gasteiger partial charge in [-0.25, -0.2) is 4.99 Å². The van der Waals surface area contributed by atoms with Crippen molar-refractivity contribution in [3.8, 4) is 6.07 Å². The van der Waals surface area contributed by atoms with Gasteiger partial charge in [0.05, 0.1) is 5.70 Å². The standard InChI is InChI=1S/C19H16N4O/c20-12-16(17-14-8-4-5-9-15(14)18(21)23-17)19(24)22-11-10-13-6-2-1-3-7-13/h1-9H,10-11H2,(H2,21,23)(H,22,24)/b17-16-. The molecule has 24 heavy (non-hydrogen) atoms. The predicted octanol–water partition coefficient (Wildman–Crippen LogP) is 2.00. The topological polar surface area (TPSA) is 91.3 Å². The first kappa shape index (κ1) is 15.5. The van der Waals surface area contributed by atoms with E-state index in [1.807, 2.05) is 60.7 Å². The minimum atomic E-state index is -0.434. The van der Waals surface area contributed by atoms with Crippen LogP contribution in [0.5, 0.6) is 0 Å². The van der Waals surface area contributed by atoms with Crippen molar-refractivity contribution in [3.05, 3.63) is 76.9 Å². The van der Waals surface area contributed by atoms with Crippen LogP contribution in [0.4, 0.5) is 0 Å². The van der Waals surface area contributed by atoms with Crippen molar-refractivity contribution in [2.45, 2.75) is 6.42 Å². The van der Waals surface area contributed by atoms with Crippen LogP contribution in [0.25, 0.3) is 5.70 Å². The molecule has 3 rings (SSSR count). The van der Waals surface area contributed by atoms with E-state index in [4.69, 9.17) is 5.73 Å². The number of hydrogen-bond acceptors (Lipinski definition) is 4. The highest BCUT2D eigenvalue weighted by Gasteiger charge is 2.24. The highest BCUT2D eigenvalue weighted by atomic mass is 16.1. The number of nitriles is 1.